The van der Waals surface area contributed by atoms with E-state index in [1.54, 1.807) is 0 Å². The van der Waals surface area contributed by atoms with E-state index in [0.29, 0.717) is 28.9 Å². The zero-order valence-electron chi connectivity index (χ0n) is 21.4. The van der Waals surface area contributed by atoms with E-state index >= 15 is 0 Å². The Morgan fingerprint density at radius 2 is 1.97 bits per heavy atom. The molecule has 0 amide bonds. The Labute approximate surface area is 216 Å². The molecule has 1 aliphatic heterocycles. The molecular formula is C29H35F2N5O. The number of nitrogens with zero attached hydrogens (tertiary/aromatic N) is 4. The maximum atomic E-state index is 13.9. The summed E-state index contributed by atoms with van der Waals surface area (Å²) in [4.78, 5) is 26.6. The number of carbonyl (C=O) groups is 1. The number of H-pyrrole nitrogens is 1. The molecule has 3 fully saturated rings. The quantitative estimate of drug-likeness (QED) is 0.452. The average molecular weight is 508 g/mol. The van der Waals surface area contributed by atoms with Crippen LogP contribution in [0.25, 0.3) is 11.0 Å². The number of rotatable bonds is 8. The van der Waals surface area contributed by atoms with E-state index in [2.05, 4.69) is 38.9 Å². The Morgan fingerprint density at radius 1 is 1.16 bits per heavy atom. The monoisotopic (exact) mass is 507 g/mol. The van der Waals surface area contributed by atoms with E-state index in [4.69, 9.17) is 4.98 Å². The molecule has 2 heterocycles. The lowest BCUT2D eigenvalue weighted by molar-refractivity contribution is 0.112. The first-order valence-corrected chi connectivity index (χ1v) is 13.5. The predicted molar refractivity (Wildman–Crippen MR) is 141 cm³/mol. The van der Waals surface area contributed by atoms with Crippen molar-refractivity contribution in [2.45, 2.75) is 43.6 Å². The van der Waals surface area contributed by atoms with Gasteiger partial charge in [-0.1, -0.05) is 18.2 Å². The molecule has 3 aromatic rings. The van der Waals surface area contributed by atoms with Gasteiger partial charge < -0.3 is 19.7 Å². The molecule has 6 rings (SSSR count). The third-order valence-corrected chi connectivity index (χ3v) is 9.00. The minimum atomic E-state index is -0.870. The van der Waals surface area contributed by atoms with E-state index in [1.165, 1.54) is 17.7 Å². The number of imidazole rings is 1. The van der Waals surface area contributed by atoms with E-state index in [-0.39, 0.29) is 5.41 Å². The third-order valence-electron chi connectivity index (χ3n) is 9.00. The van der Waals surface area contributed by atoms with E-state index in [0.717, 1.165) is 83.2 Å². The number of aldehydes is 1. The molecular weight excluding hydrogens is 472 g/mol. The highest BCUT2D eigenvalue weighted by molar-refractivity contribution is 5.78. The van der Waals surface area contributed by atoms with Crippen LogP contribution >= 0.6 is 0 Å². The summed E-state index contributed by atoms with van der Waals surface area (Å²) in [5.41, 5.74) is 3.20. The van der Waals surface area contributed by atoms with Crippen molar-refractivity contribution in [1.82, 2.24) is 19.8 Å². The van der Waals surface area contributed by atoms with Crippen LogP contribution < -0.4 is 4.90 Å². The number of nitrogens with one attached hydrogen (secondary N) is 1. The number of likely N-dealkylation sites (N-methyl/N-ethyl adjacent to an activating group) is 1. The molecule has 3 aliphatic rings. The molecule has 1 N–H and O–H groups in total. The molecule has 1 aromatic heterocycles. The molecule has 37 heavy (non-hydrogen) atoms. The Morgan fingerprint density at radius 3 is 2.76 bits per heavy atom. The number of halogens is 2. The minimum Gasteiger partial charge on any atom is -0.339 e. The van der Waals surface area contributed by atoms with Gasteiger partial charge in [0.2, 0.25) is 5.95 Å². The van der Waals surface area contributed by atoms with E-state index < -0.39 is 11.6 Å². The molecule has 6 nitrogen and oxygen atoms in total. The predicted octanol–water partition coefficient (Wildman–Crippen LogP) is 4.61. The number of anilines is 1. The van der Waals surface area contributed by atoms with Gasteiger partial charge in [-0.05, 0) is 68.7 Å². The molecule has 0 unspecified atom stereocenters. The summed E-state index contributed by atoms with van der Waals surface area (Å²) in [7, 11) is 2.17. The summed E-state index contributed by atoms with van der Waals surface area (Å²) in [6.45, 7) is 6.26. The highest BCUT2D eigenvalue weighted by Gasteiger charge is 2.58. The van der Waals surface area contributed by atoms with Crippen molar-refractivity contribution >= 4 is 23.3 Å². The minimum absolute atomic E-state index is 0.182. The van der Waals surface area contributed by atoms with Crippen molar-refractivity contribution in [2.75, 3.05) is 51.2 Å². The molecule has 3 atom stereocenters. The van der Waals surface area contributed by atoms with Gasteiger partial charge >= 0.3 is 0 Å². The molecule has 8 heteroatoms. The summed E-state index contributed by atoms with van der Waals surface area (Å²) < 4.78 is 27.8. The molecule has 2 aromatic carbocycles. The summed E-state index contributed by atoms with van der Waals surface area (Å²) in [6, 6.07) is 10.8. The number of aromatic amines is 1. The summed E-state index contributed by atoms with van der Waals surface area (Å²) in [6.07, 6.45) is 6.24. The second-order valence-electron chi connectivity index (χ2n) is 11.3. The molecule has 2 aliphatic carbocycles. The van der Waals surface area contributed by atoms with Gasteiger partial charge in [0.25, 0.3) is 0 Å². The van der Waals surface area contributed by atoms with Crippen molar-refractivity contribution in [3.8, 4) is 0 Å². The van der Waals surface area contributed by atoms with Crippen molar-refractivity contribution in [2.24, 2.45) is 5.92 Å². The van der Waals surface area contributed by atoms with E-state index in [1.807, 2.05) is 12.1 Å². The third kappa shape index (κ3) is 4.77. The summed E-state index contributed by atoms with van der Waals surface area (Å²) in [5.74, 6) is -0.445. The van der Waals surface area contributed by atoms with Crippen molar-refractivity contribution in [3.63, 3.8) is 0 Å². The number of carbonyl (C=O) groups excluding carboxylic acids is 1. The fourth-order valence-electron chi connectivity index (χ4n) is 6.69. The highest BCUT2D eigenvalue weighted by Crippen LogP contribution is 2.63. The number of piperazine rings is 1. The Balaban J connectivity index is 1.20. The smallest absolute Gasteiger partial charge is 0.204 e. The van der Waals surface area contributed by atoms with Crippen LogP contribution in [0.4, 0.5) is 14.7 Å². The fourth-order valence-corrected chi connectivity index (χ4v) is 6.69. The van der Waals surface area contributed by atoms with Crippen LogP contribution in [0.2, 0.25) is 0 Å². The van der Waals surface area contributed by atoms with Gasteiger partial charge in [-0.3, -0.25) is 4.79 Å². The topological polar surface area (TPSA) is 55.5 Å². The van der Waals surface area contributed by atoms with Crippen molar-refractivity contribution < 1.29 is 13.6 Å². The SMILES string of the molecule is CN1CCN(CCCN(c2nc3cc(F)c(F)cc3[nH]2)[C@@H]2CC[C@]3(c4cccc(C=O)c4)C[C@@H]3C2)CC1. The zero-order valence-corrected chi connectivity index (χ0v) is 21.4. The average Bonchev–Trinajstić information content (AvgIpc) is 3.53. The lowest BCUT2D eigenvalue weighted by Crippen LogP contribution is -2.46. The van der Waals surface area contributed by atoms with Crippen LogP contribution in [-0.2, 0) is 5.41 Å². The molecule has 0 spiro atoms. The van der Waals surface area contributed by atoms with E-state index in [9.17, 15) is 13.6 Å². The standard InChI is InChI=1S/C29H35F2N5O/c1-34-10-12-35(13-11-34)8-3-9-36(28-32-26-16-24(30)25(31)17-27(26)33-28)23-6-7-29(18-22(29)15-23)21-5-2-4-20(14-21)19-37/h2,4-5,14,16-17,19,22-23H,3,6-13,15,18H2,1H3,(H,32,33)/t22-,23+,29+/m0/s1. The van der Waals surface area contributed by atoms with Gasteiger partial charge in [0.05, 0.1) is 11.0 Å². The van der Waals surface area contributed by atoms with Gasteiger partial charge in [-0.15, -0.1) is 0 Å². The van der Waals surface area contributed by atoms with Crippen LogP contribution in [0.1, 0.15) is 48.0 Å². The maximum absolute atomic E-state index is 13.9. The highest BCUT2D eigenvalue weighted by atomic mass is 19.2. The maximum Gasteiger partial charge on any atom is 0.204 e. The number of benzene rings is 2. The number of hydrogen-bond acceptors (Lipinski definition) is 5. The second kappa shape index (κ2) is 9.80. The van der Waals surface area contributed by atoms with Crippen molar-refractivity contribution in [3.05, 3.63) is 59.2 Å². The first kappa shape index (κ1) is 24.5. The number of hydrogen-bond donors (Lipinski definition) is 1. The summed E-state index contributed by atoms with van der Waals surface area (Å²) >= 11 is 0. The Hall–Kier alpha value is -2.84. The van der Waals surface area contributed by atoms with Crippen LogP contribution in [0.3, 0.4) is 0 Å². The molecule has 0 radical (unpaired) electrons. The second-order valence-corrected chi connectivity index (χ2v) is 11.3. The first-order chi connectivity index (χ1) is 17.9. The molecule has 196 valence electrons. The number of fused-ring (bicyclic) bond motifs is 2. The van der Waals surface area contributed by atoms with Gasteiger partial charge in [-0.2, -0.15) is 0 Å². The van der Waals surface area contributed by atoms with Crippen LogP contribution in [0.5, 0.6) is 0 Å². The lowest BCUT2D eigenvalue weighted by Gasteiger charge is -2.38. The molecule has 0 bridgehead atoms. The van der Waals surface area contributed by atoms with Gasteiger partial charge in [0.1, 0.15) is 6.29 Å². The van der Waals surface area contributed by atoms with Crippen LogP contribution in [-0.4, -0.2) is 78.4 Å². The van der Waals surface area contributed by atoms with Gasteiger partial charge in [0.15, 0.2) is 11.6 Å². The summed E-state index contributed by atoms with van der Waals surface area (Å²) in [5, 5.41) is 0. The zero-order chi connectivity index (χ0) is 25.6. The fraction of sp³-hybridized carbons (Fsp3) is 0.517. The van der Waals surface area contributed by atoms with Gasteiger partial charge in [-0.25, -0.2) is 13.8 Å². The van der Waals surface area contributed by atoms with Crippen LogP contribution in [0.15, 0.2) is 36.4 Å². The van der Waals surface area contributed by atoms with Gasteiger partial charge in [0, 0.05) is 56.5 Å². The lowest BCUT2D eigenvalue weighted by atomic mass is 9.80. The Kier molecular flexibility index (Phi) is 6.49. The Bertz CT molecular complexity index is 1250. The number of aromatic nitrogens is 2. The van der Waals surface area contributed by atoms with Crippen LogP contribution in [0, 0.1) is 17.6 Å². The first-order valence-electron chi connectivity index (χ1n) is 13.5. The molecule has 2 saturated carbocycles. The molecule has 1 saturated heterocycles. The largest absolute Gasteiger partial charge is 0.339 e. The normalized spacial score (nSPS) is 26.2. The van der Waals surface area contributed by atoms with Crippen molar-refractivity contribution in [1.29, 1.82) is 0 Å².